The van der Waals surface area contributed by atoms with Crippen molar-refractivity contribution in [1.82, 2.24) is 4.90 Å². The van der Waals surface area contributed by atoms with Gasteiger partial charge in [-0.1, -0.05) is 26.0 Å². The number of carbonyl (C=O) groups is 2. The van der Waals surface area contributed by atoms with Crippen molar-refractivity contribution in [3.05, 3.63) is 12.2 Å². The van der Waals surface area contributed by atoms with Gasteiger partial charge in [-0.3, -0.25) is 9.59 Å². The summed E-state index contributed by atoms with van der Waals surface area (Å²) in [4.78, 5) is 24.4. The number of thioether (sulfide) groups is 1. The van der Waals surface area contributed by atoms with E-state index < -0.39 is 12.1 Å². The minimum atomic E-state index is -0.765. The summed E-state index contributed by atoms with van der Waals surface area (Å²) >= 11 is 1.68. The zero-order chi connectivity index (χ0) is 19.4. The van der Waals surface area contributed by atoms with Crippen LogP contribution in [0, 0.1) is 17.8 Å². The molecule has 2 N–H and O–H groups in total. The van der Waals surface area contributed by atoms with Crippen LogP contribution in [-0.2, 0) is 9.59 Å². The predicted molar refractivity (Wildman–Crippen MR) is 106 cm³/mol. The Morgan fingerprint density at radius 1 is 1.42 bits per heavy atom. The van der Waals surface area contributed by atoms with Gasteiger partial charge in [0.25, 0.3) is 0 Å². The van der Waals surface area contributed by atoms with E-state index in [0.29, 0.717) is 25.8 Å². The summed E-state index contributed by atoms with van der Waals surface area (Å²) in [6.45, 7) is 4.65. The molecule has 1 fully saturated rings. The Morgan fingerprint density at radius 2 is 2.19 bits per heavy atom. The summed E-state index contributed by atoms with van der Waals surface area (Å²) < 4.78 is 0. The first-order chi connectivity index (χ1) is 12.5. The molecule has 1 aliphatic heterocycles. The quantitative estimate of drug-likeness (QED) is 0.327. The highest BCUT2D eigenvalue weighted by atomic mass is 32.2. The van der Waals surface area contributed by atoms with Crippen molar-refractivity contribution in [2.45, 2.75) is 64.5 Å². The number of carboxylic acids is 1. The fraction of sp³-hybridized carbons (Fsp3) is 0.700. The van der Waals surface area contributed by atoms with Crippen molar-refractivity contribution >= 4 is 23.6 Å². The summed E-state index contributed by atoms with van der Waals surface area (Å²) in [5.41, 5.74) is 0. The molecule has 0 aromatic carbocycles. The maximum atomic E-state index is 12.1. The molecule has 0 aliphatic carbocycles. The molecule has 26 heavy (non-hydrogen) atoms. The number of rotatable bonds is 11. The monoisotopic (exact) mass is 381 g/mol. The van der Waals surface area contributed by atoms with Crippen molar-refractivity contribution < 1.29 is 19.8 Å². The van der Waals surface area contributed by atoms with Crippen molar-refractivity contribution in [3.8, 4) is 11.8 Å². The topological polar surface area (TPSA) is 77.8 Å². The fourth-order valence-corrected chi connectivity index (χ4v) is 3.63. The van der Waals surface area contributed by atoms with Crippen molar-refractivity contribution in [3.63, 3.8) is 0 Å². The maximum absolute atomic E-state index is 12.1. The van der Waals surface area contributed by atoms with Crippen LogP contribution in [0.15, 0.2) is 12.2 Å². The zero-order valence-corrected chi connectivity index (χ0v) is 16.6. The van der Waals surface area contributed by atoms with Crippen molar-refractivity contribution in [2.24, 2.45) is 5.92 Å². The molecule has 1 rings (SSSR count). The van der Waals surface area contributed by atoms with Gasteiger partial charge in [-0.15, -0.1) is 11.8 Å². The maximum Gasteiger partial charge on any atom is 0.303 e. The standard InChI is InChI=1S/C20H31NO4S/c1-3-4-5-7-16(2)18(22)11-9-17-10-12-19(23)21(17)13-15-26-14-6-8-20(24)25/h9,11,16-18,22H,3,6-8,10,12-15H2,1-2H3,(H,24,25)/b11-9+/t16?,17-,18?/m0/s1. The Bertz CT molecular complexity index is 538. The van der Waals surface area contributed by atoms with Gasteiger partial charge < -0.3 is 15.1 Å². The first-order valence-electron chi connectivity index (χ1n) is 9.36. The fourth-order valence-electron chi connectivity index (χ4n) is 2.75. The van der Waals surface area contributed by atoms with Gasteiger partial charge in [-0.2, -0.15) is 11.8 Å². The number of hydrogen-bond donors (Lipinski definition) is 2. The van der Waals surface area contributed by atoms with Crippen LogP contribution in [0.2, 0.25) is 0 Å². The first kappa shape index (κ1) is 22.6. The SMILES string of the molecule is CCC#CCC(C)C(O)/C=C/[C@H]1CCC(=O)N1CCSCCCC(=O)O. The summed E-state index contributed by atoms with van der Waals surface area (Å²) in [5, 5.41) is 18.9. The molecule has 0 radical (unpaired) electrons. The van der Waals surface area contributed by atoms with E-state index in [1.165, 1.54) is 0 Å². The molecular weight excluding hydrogens is 350 g/mol. The van der Waals surface area contributed by atoms with E-state index >= 15 is 0 Å². The summed E-state index contributed by atoms with van der Waals surface area (Å²) in [7, 11) is 0. The average Bonchev–Trinajstić information content (AvgIpc) is 2.95. The number of aliphatic carboxylic acids is 1. The molecule has 0 aromatic heterocycles. The third-order valence-electron chi connectivity index (χ3n) is 4.37. The van der Waals surface area contributed by atoms with Gasteiger partial charge in [0.1, 0.15) is 0 Å². The van der Waals surface area contributed by atoms with Gasteiger partial charge >= 0.3 is 5.97 Å². The van der Waals surface area contributed by atoms with E-state index in [1.54, 1.807) is 17.8 Å². The van der Waals surface area contributed by atoms with E-state index in [1.807, 2.05) is 24.8 Å². The van der Waals surface area contributed by atoms with Crippen LogP contribution in [0.25, 0.3) is 0 Å². The molecule has 1 heterocycles. The molecule has 3 atom stereocenters. The van der Waals surface area contributed by atoms with Gasteiger partial charge in [-0.25, -0.2) is 0 Å². The van der Waals surface area contributed by atoms with Crippen LogP contribution >= 0.6 is 11.8 Å². The Morgan fingerprint density at radius 3 is 2.88 bits per heavy atom. The van der Waals surface area contributed by atoms with Gasteiger partial charge in [0, 0.05) is 38.0 Å². The molecule has 6 heteroatoms. The minimum absolute atomic E-state index is 0.0469. The van der Waals surface area contributed by atoms with Gasteiger partial charge in [0.2, 0.25) is 5.91 Å². The number of nitrogens with zero attached hydrogens (tertiary/aromatic N) is 1. The second-order valence-corrected chi connectivity index (χ2v) is 7.79. The van der Waals surface area contributed by atoms with Crippen LogP contribution in [-0.4, -0.2) is 57.2 Å². The Labute approximate surface area is 161 Å². The molecule has 1 amide bonds. The summed E-state index contributed by atoms with van der Waals surface area (Å²) in [6.07, 6.45) is 6.88. The van der Waals surface area contributed by atoms with Crippen molar-refractivity contribution in [1.29, 1.82) is 0 Å². The molecule has 0 spiro atoms. The Kier molecular flexibility index (Phi) is 11.1. The molecule has 0 saturated carbocycles. The summed E-state index contributed by atoms with van der Waals surface area (Å²) in [5.74, 6) is 7.14. The molecule has 146 valence electrons. The van der Waals surface area contributed by atoms with E-state index in [-0.39, 0.29) is 24.3 Å². The van der Waals surface area contributed by atoms with Gasteiger partial charge in [0.05, 0.1) is 12.1 Å². The van der Waals surface area contributed by atoms with E-state index in [0.717, 1.165) is 24.3 Å². The Balaban J connectivity index is 2.39. The number of amides is 1. The lowest BCUT2D eigenvalue weighted by molar-refractivity contribution is -0.137. The smallest absolute Gasteiger partial charge is 0.303 e. The highest BCUT2D eigenvalue weighted by Crippen LogP contribution is 2.21. The van der Waals surface area contributed by atoms with Crippen LogP contribution in [0.1, 0.15) is 52.4 Å². The number of carbonyl (C=O) groups excluding carboxylic acids is 1. The highest BCUT2D eigenvalue weighted by Gasteiger charge is 2.28. The van der Waals surface area contributed by atoms with Crippen molar-refractivity contribution in [2.75, 3.05) is 18.1 Å². The lowest BCUT2D eigenvalue weighted by atomic mass is 10.00. The number of hydrogen-bond acceptors (Lipinski definition) is 4. The van der Waals surface area contributed by atoms with Gasteiger partial charge in [0.15, 0.2) is 0 Å². The minimum Gasteiger partial charge on any atom is -0.481 e. The summed E-state index contributed by atoms with van der Waals surface area (Å²) in [6, 6.07) is 0.0469. The third kappa shape index (κ3) is 8.77. The number of likely N-dealkylation sites (tertiary alicyclic amines) is 1. The molecule has 1 saturated heterocycles. The van der Waals surface area contributed by atoms with E-state index in [9.17, 15) is 14.7 Å². The van der Waals surface area contributed by atoms with E-state index in [4.69, 9.17) is 5.11 Å². The number of carboxylic acid groups (broad SMARTS) is 1. The molecule has 0 aromatic rings. The molecule has 5 nitrogen and oxygen atoms in total. The second-order valence-electron chi connectivity index (χ2n) is 6.57. The van der Waals surface area contributed by atoms with Crippen LogP contribution in [0.4, 0.5) is 0 Å². The van der Waals surface area contributed by atoms with Crippen LogP contribution < -0.4 is 0 Å². The number of aliphatic hydroxyl groups excluding tert-OH is 1. The molecule has 2 unspecified atom stereocenters. The molecule has 0 bridgehead atoms. The lowest BCUT2D eigenvalue weighted by Gasteiger charge is -2.23. The Hall–Kier alpha value is -1.45. The lowest BCUT2D eigenvalue weighted by Crippen LogP contribution is -2.34. The third-order valence-corrected chi connectivity index (χ3v) is 5.42. The highest BCUT2D eigenvalue weighted by molar-refractivity contribution is 7.99. The first-order valence-corrected chi connectivity index (χ1v) is 10.5. The van der Waals surface area contributed by atoms with Crippen LogP contribution in [0.5, 0.6) is 0 Å². The number of aliphatic hydroxyl groups is 1. The zero-order valence-electron chi connectivity index (χ0n) is 15.8. The largest absolute Gasteiger partial charge is 0.481 e. The van der Waals surface area contributed by atoms with E-state index in [2.05, 4.69) is 11.8 Å². The second kappa shape index (κ2) is 12.8. The molecule has 1 aliphatic rings. The van der Waals surface area contributed by atoms with Gasteiger partial charge in [-0.05, 0) is 24.5 Å². The average molecular weight is 382 g/mol. The predicted octanol–water partition coefficient (Wildman–Crippen LogP) is 2.93. The normalized spacial score (nSPS) is 19.4. The van der Waals surface area contributed by atoms with Crippen LogP contribution in [0.3, 0.4) is 0 Å². The molecular formula is C20H31NO4S.